The van der Waals surface area contributed by atoms with Crippen molar-refractivity contribution in [3.05, 3.63) is 35.9 Å². The fraction of sp³-hybridized carbons (Fsp3) is 0.500. The monoisotopic (exact) mass is 288 g/mol. The van der Waals surface area contributed by atoms with Gasteiger partial charge in [0.1, 0.15) is 5.69 Å². The van der Waals surface area contributed by atoms with Gasteiger partial charge in [-0.05, 0) is 31.5 Å². The molecule has 0 radical (unpaired) electrons. The number of carbonyl (C=O) groups excluding carboxylic acids is 1. The molecule has 1 unspecified atom stereocenters. The average Bonchev–Trinajstić information content (AvgIpc) is 3.15. The van der Waals surface area contributed by atoms with E-state index in [4.69, 9.17) is 0 Å². The van der Waals surface area contributed by atoms with Crippen molar-refractivity contribution in [3.8, 4) is 0 Å². The first-order valence-corrected chi connectivity index (χ1v) is 7.25. The van der Waals surface area contributed by atoms with Crippen LogP contribution in [0.15, 0.2) is 24.5 Å². The summed E-state index contributed by atoms with van der Waals surface area (Å²) in [5, 5.41) is 14.7. The predicted octanol–water partition coefficient (Wildman–Crippen LogP) is 0.471. The number of nitrogens with one attached hydrogen (secondary N) is 2. The van der Waals surface area contributed by atoms with Crippen LogP contribution >= 0.6 is 0 Å². The summed E-state index contributed by atoms with van der Waals surface area (Å²) in [7, 11) is 1.85. The highest BCUT2D eigenvalue weighted by molar-refractivity contribution is 5.92. The van der Waals surface area contributed by atoms with Crippen LogP contribution in [-0.4, -0.2) is 38.6 Å². The molecular formula is C14H20N6O. The lowest BCUT2D eigenvalue weighted by atomic mass is 10.1. The van der Waals surface area contributed by atoms with Gasteiger partial charge in [0.15, 0.2) is 0 Å². The maximum atomic E-state index is 12.1. The molecule has 1 atom stereocenters. The van der Waals surface area contributed by atoms with Crippen LogP contribution in [0.4, 0.5) is 0 Å². The normalized spacial score (nSPS) is 18.6. The molecule has 0 bridgehead atoms. The van der Waals surface area contributed by atoms with Crippen molar-refractivity contribution in [3.63, 3.8) is 0 Å². The zero-order chi connectivity index (χ0) is 14.7. The summed E-state index contributed by atoms with van der Waals surface area (Å²) in [6.07, 6.45) is 5.85. The highest BCUT2D eigenvalue weighted by Crippen LogP contribution is 2.15. The number of hydrogen-bond acceptors (Lipinski definition) is 4. The zero-order valence-corrected chi connectivity index (χ0v) is 12.1. The van der Waals surface area contributed by atoms with Crippen LogP contribution in [0.5, 0.6) is 0 Å². The minimum Gasteiger partial charge on any atom is -0.345 e. The SMILES string of the molecule is Cn1nccc1CNC(=O)c1ccn(C2CCCNC2)n1. The van der Waals surface area contributed by atoms with E-state index in [2.05, 4.69) is 20.8 Å². The van der Waals surface area contributed by atoms with Crippen LogP contribution in [0.25, 0.3) is 0 Å². The van der Waals surface area contributed by atoms with E-state index in [0.29, 0.717) is 18.3 Å². The first-order chi connectivity index (χ1) is 10.2. The molecule has 7 nitrogen and oxygen atoms in total. The van der Waals surface area contributed by atoms with Crippen molar-refractivity contribution < 1.29 is 4.79 Å². The Kier molecular flexibility index (Phi) is 4.01. The van der Waals surface area contributed by atoms with E-state index in [1.807, 2.05) is 24.0 Å². The van der Waals surface area contributed by atoms with Gasteiger partial charge in [0, 0.05) is 26.0 Å². The van der Waals surface area contributed by atoms with Crippen LogP contribution in [0.2, 0.25) is 0 Å². The second kappa shape index (κ2) is 6.09. The first kappa shape index (κ1) is 13.8. The molecule has 2 N–H and O–H groups in total. The van der Waals surface area contributed by atoms with Crippen LogP contribution < -0.4 is 10.6 Å². The minimum absolute atomic E-state index is 0.154. The summed E-state index contributed by atoms with van der Waals surface area (Å²) in [5.41, 5.74) is 1.42. The van der Waals surface area contributed by atoms with Gasteiger partial charge in [-0.3, -0.25) is 14.2 Å². The van der Waals surface area contributed by atoms with Crippen molar-refractivity contribution >= 4 is 5.91 Å². The van der Waals surface area contributed by atoms with Gasteiger partial charge in [0.05, 0.1) is 18.3 Å². The molecule has 7 heteroatoms. The molecule has 0 spiro atoms. The molecule has 21 heavy (non-hydrogen) atoms. The Morgan fingerprint density at radius 1 is 1.52 bits per heavy atom. The molecular weight excluding hydrogens is 268 g/mol. The summed E-state index contributed by atoms with van der Waals surface area (Å²) in [5.74, 6) is -0.154. The zero-order valence-electron chi connectivity index (χ0n) is 12.1. The molecule has 1 saturated heterocycles. The number of carbonyl (C=O) groups is 1. The summed E-state index contributed by atoms with van der Waals surface area (Å²) in [6.45, 7) is 2.43. The fourth-order valence-electron chi connectivity index (χ4n) is 2.56. The Bertz CT molecular complexity index is 611. The summed E-state index contributed by atoms with van der Waals surface area (Å²) in [6, 6.07) is 4.00. The summed E-state index contributed by atoms with van der Waals surface area (Å²) in [4.78, 5) is 12.1. The number of aromatic nitrogens is 4. The first-order valence-electron chi connectivity index (χ1n) is 7.25. The standard InChI is InChI=1S/C14H20N6O/c1-19-11(4-7-17-19)10-16-14(21)13-5-8-20(18-13)12-3-2-6-15-9-12/h4-5,7-8,12,15H,2-3,6,9-10H2,1H3,(H,16,21). The summed E-state index contributed by atoms with van der Waals surface area (Å²) < 4.78 is 3.64. The maximum Gasteiger partial charge on any atom is 0.272 e. The Labute approximate surface area is 123 Å². The van der Waals surface area contributed by atoms with E-state index in [1.165, 1.54) is 0 Å². The largest absolute Gasteiger partial charge is 0.345 e. The number of piperidine rings is 1. The van der Waals surface area contributed by atoms with Crippen molar-refractivity contribution in [1.82, 2.24) is 30.2 Å². The van der Waals surface area contributed by atoms with Crippen LogP contribution in [-0.2, 0) is 13.6 Å². The lowest BCUT2D eigenvalue weighted by Gasteiger charge is -2.22. The predicted molar refractivity (Wildman–Crippen MR) is 77.7 cm³/mol. The summed E-state index contributed by atoms with van der Waals surface area (Å²) >= 11 is 0. The maximum absolute atomic E-state index is 12.1. The van der Waals surface area contributed by atoms with E-state index in [-0.39, 0.29) is 5.91 Å². The van der Waals surface area contributed by atoms with Gasteiger partial charge in [-0.1, -0.05) is 0 Å². The van der Waals surface area contributed by atoms with Crippen molar-refractivity contribution in [2.75, 3.05) is 13.1 Å². The van der Waals surface area contributed by atoms with E-state index in [0.717, 1.165) is 31.6 Å². The molecule has 3 rings (SSSR count). The highest BCUT2D eigenvalue weighted by atomic mass is 16.1. The van der Waals surface area contributed by atoms with Gasteiger partial charge in [0.25, 0.3) is 5.91 Å². The van der Waals surface area contributed by atoms with Crippen LogP contribution in [0.1, 0.15) is 35.1 Å². The van der Waals surface area contributed by atoms with E-state index in [1.54, 1.807) is 16.9 Å². The van der Waals surface area contributed by atoms with Crippen molar-refractivity contribution in [2.24, 2.45) is 7.05 Å². The average molecular weight is 288 g/mol. The van der Waals surface area contributed by atoms with Crippen LogP contribution in [0.3, 0.4) is 0 Å². The third kappa shape index (κ3) is 3.13. The van der Waals surface area contributed by atoms with E-state index >= 15 is 0 Å². The lowest BCUT2D eigenvalue weighted by Crippen LogP contribution is -2.32. The van der Waals surface area contributed by atoms with Crippen LogP contribution in [0, 0.1) is 0 Å². The van der Waals surface area contributed by atoms with Gasteiger partial charge in [-0.15, -0.1) is 0 Å². The molecule has 2 aromatic rings. The second-order valence-electron chi connectivity index (χ2n) is 5.31. The quantitative estimate of drug-likeness (QED) is 0.857. The molecule has 0 aromatic carbocycles. The number of rotatable bonds is 4. The van der Waals surface area contributed by atoms with Gasteiger partial charge < -0.3 is 10.6 Å². The third-order valence-electron chi connectivity index (χ3n) is 3.84. The molecule has 1 aliphatic rings. The number of amides is 1. The Morgan fingerprint density at radius 2 is 2.43 bits per heavy atom. The number of aryl methyl sites for hydroxylation is 1. The van der Waals surface area contributed by atoms with E-state index < -0.39 is 0 Å². The smallest absolute Gasteiger partial charge is 0.272 e. The topological polar surface area (TPSA) is 76.8 Å². The van der Waals surface area contributed by atoms with E-state index in [9.17, 15) is 4.79 Å². The number of hydrogen-bond donors (Lipinski definition) is 2. The molecule has 1 aliphatic heterocycles. The molecule has 1 fully saturated rings. The minimum atomic E-state index is -0.154. The van der Waals surface area contributed by atoms with Gasteiger partial charge >= 0.3 is 0 Å². The third-order valence-corrected chi connectivity index (χ3v) is 3.84. The Hall–Kier alpha value is -2.15. The Morgan fingerprint density at radius 3 is 3.14 bits per heavy atom. The number of nitrogens with zero attached hydrogens (tertiary/aromatic N) is 4. The fourth-order valence-corrected chi connectivity index (χ4v) is 2.56. The Balaban J connectivity index is 1.60. The molecule has 1 amide bonds. The molecule has 112 valence electrons. The molecule has 0 saturated carbocycles. The lowest BCUT2D eigenvalue weighted by molar-refractivity contribution is 0.0943. The second-order valence-corrected chi connectivity index (χ2v) is 5.31. The van der Waals surface area contributed by atoms with Crippen molar-refractivity contribution in [1.29, 1.82) is 0 Å². The van der Waals surface area contributed by atoms with Gasteiger partial charge in [-0.2, -0.15) is 10.2 Å². The van der Waals surface area contributed by atoms with Gasteiger partial charge in [0.2, 0.25) is 0 Å². The van der Waals surface area contributed by atoms with Gasteiger partial charge in [-0.25, -0.2) is 0 Å². The van der Waals surface area contributed by atoms with Crippen molar-refractivity contribution in [2.45, 2.75) is 25.4 Å². The molecule has 3 heterocycles. The molecule has 0 aliphatic carbocycles. The highest BCUT2D eigenvalue weighted by Gasteiger charge is 2.17. The molecule has 2 aromatic heterocycles.